The van der Waals surface area contributed by atoms with Crippen LogP contribution in [0.15, 0.2) is 132 Å². The molecule has 3 nitrogen and oxygen atoms in total. The summed E-state index contributed by atoms with van der Waals surface area (Å²) in [5.74, 6) is 0.997. The van der Waals surface area contributed by atoms with Gasteiger partial charge in [0.15, 0.2) is 0 Å². The lowest BCUT2D eigenvalue weighted by molar-refractivity contribution is 0.594. The Morgan fingerprint density at radius 1 is 0.639 bits per heavy atom. The van der Waals surface area contributed by atoms with Crippen molar-refractivity contribution in [1.82, 2.24) is 9.55 Å². The van der Waals surface area contributed by atoms with Crippen LogP contribution in [-0.4, -0.2) is 15.3 Å². The zero-order valence-corrected chi connectivity index (χ0v) is 19.5. The Bertz CT molecular complexity index is 1770. The summed E-state index contributed by atoms with van der Waals surface area (Å²) in [6.07, 6.45) is 6.90. The number of hydrogen-bond acceptors (Lipinski definition) is 2. The van der Waals surface area contributed by atoms with Crippen LogP contribution in [0.2, 0.25) is 0 Å². The number of benzene rings is 4. The molecule has 0 amide bonds. The summed E-state index contributed by atoms with van der Waals surface area (Å²) in [6, 6.07) is 38.3. The predicted molar refractivity (Wildman–Crippen MR) is 146 cm³/mol. The van der Waals surface area contributed by atoms with E-state index in [2.05, 4.69) is 132 Å². The van der Waals surface area contributed by atoms with E-state index in [-0.39, 0.29) is 0 Å². The fourth-order valence-electron chi connectivity index (χ4n) is 5.95. The molecule has 5 aromatic rings. The number of allylic oxidation sites excluding steroid dienone is 4. The maximum Gasteiger partial charge on any atom is 0.142 e. The van der Waals surface area contributed by atoms with Gasteiger partial charge in [-0.2, -0.15) is 0 Å². The maximum absolute atomic E-state index is 5.33. The molecule has 0 bridgehead atoms. The molecule has 4 aromatic carbocycles. The molecular weight excluding hydrogens is 438 g/mol. The second kappa shape index (κ2) is 7.12. The van der Waals surface area contributed by atoms with Crippen molar-refractivity contribution >= 4 is 17.0 Å². The van der Waals surface area contributed by atoms with Crippen LogP contribution in [0, 0.1) is 0 Å². The number of hydrogen-bond donors (Lipinski definition) is 0. The van der Waals surface area contributed by atoms with E-state index in [0.717, 1.165) is 39.7 Å². The van der Waals surface area contributed by atoms with Crippen molar-refractivity contribution in [1.29, 1.82) is 0 Å². The van der Waals surface area contributed by atoms with Crippen molar-refractivity contribution in [3.8, 4) is 33.9 Å². The van der Waals surface area contributed by atoms with Crippen LogP contribution in [-0.2, 0) is 5.54 Å². The molecule has 2 aliphatic heterocycles. The Hall–Kier alpha value is -4.76. The maximum atomic E-state index is 5.33. The fourth-order valence-corrected chi connectivity index (χ4v) is 5.95. The van der Waals surface area contributed by atoms with E-state index >= 15 is 0 Å². The highest BCUT2D eigenvalue weighted by atomic mass is 15.2. The molecule has 1 atom stereocenters. The number of imidazole rings is 1. The van der Waals surface area contributed by atoms with Gasteiger partial charge in [-0.05, 0) is 29.9 Å². The standard InChI is InChI=1S/C33H21N3/c1-3-11-22(12-4-1)30-31(23-13-5-2-6-14-23)36-32(35-30)25-16-7-9-17-27(25)33(36)20-19-29-26(21-33)24-15-8-10-18-28(24)34-29/h1-21H. The van der Waals surface area contributed by atoms with E-state index < -0.39 is 5.54 Å². The Balaban J connectivity index is 1.49. The second-order valence-electron chi connectivity index (χ2n) is 9.48. The van der Waals surface area contributed by atoms with E-state index in [1.165, 1.54) is 22.3 Å². The van der Waals surface area contributed by atoms with Crippen LogP contribution in [0.5, 0.6) is 0 Å². The Labute approximate surface area is 209 Å². The minimum atomic E-state index is -0.497. The first-order valence-electron chi connectivity index (χ1n) is 12.3. The summed E-state index contributed by atoms with van der Waals surface area (Å²) >= 11 is 0. The summed E-state index contributed by atoms with van der Waals surface area (Å²) in [6.45, 7) is 0. The SMILES string of the molecule is C1=CC2(C=C3C1=Nc1ccccc13)c1ccccc1-c1nc(-c3ccccc3)c(-c3ccccc3)n12. The highest BCUT2D eigenvalue weighted by Gasteiger charge is 2.46. The van der Waals surface area contributed by atoms with Gasteiger partial charge in [-0.15, -0.1) is 0 Å². The van der Waals surface area contributed by atoms with Gasteiger partial charge in [-0.1, -0.05) is 103 Å². The lowest BCUT2D eigenvalue weighted by atomic mass is 9.81. The Morgan fingerprint density at radius 2 is 1.31 bits per heavy atom. The number of nitrogens with zero attached hydrogens (tertiary/aromatic N) is 3. The molecule has 1 spiro atoms. The lowest BCUT2D eigenvalue weighted by Gasteiger charge is -2.32. The van der Waals surface area contributed by atoms with Gasteiger partial charge >= 0.3 is 0 Å². The zero-order valence-electron chi connectivity index (χ0n) is 19.5. The molecule has 3 aliphatic rings. The summed E-state index contributed by atoms with van der Waals surface area (Å²) in [5.41, 5.74) is 10.8. The molecule has 0 radical (unpaired) electrons. The van der Waals surface area contributed by atoms with Crippen molar-refractivity contribution in [3.05, 3.63) is 139 Å². The van der Waals surface area contributed by atoms with Gasteiger partial charge < -0.3 is 4.57 Å². The van der Waals surface area contributed by atoms with Crippen molar-refractivity contribution in [3.63, 3.8) is 0 Å². The molecule has 36 heavy (non-hydrogen) atoms. The van der Waals surface area contributed by atoms with Gasteiger partial charge in [0.2, 0.25) is 0 Å². The van der Waals surface area contributed by atoms with Crippen LogP contribution in [0.3, 0.4) is 0 Å². The van der Waals surface area contributed by atoms with Crippen LogP contribution in [0.1, 0.15) is 11.1 Å². The summed E-state index contributed by atoms with van der Waals surface area (Å²) in [5, 5.41) is 0. The number of rotatable bonds is 2. The van der Waals surface area contributed by atoms with E-state index in [0.29, 0.717) is 0 Å². The second-order valence-corrected chi connectivity index (χ2v) is 9.48. The molecule has 0 N–H and O–H groups in total. The minimum Gasteiger partial charge on any atom is -0.306 e. The third-order valence-corrected chi connectivity index (χ3v) is 7.51. The summed E-state index contributed by atoms with van der Waals surface area (Å²) < 4.78 is 2.44. The van der Waals surface area contributed by atoms with Gasteiger partial charge in [0.1, 0.15) is 11.4 Å². The average molecular weight is 460 g/mol. The van der Waals surface area contributed by atoms with E-state index in [1.54, 1.807) is 0 Å². The van der Waals surface area contributed by atoms with Gasteiger partial charge in [-0.3, -0.25) is 0 Å². The largest absolute Gasteiger partial charge is 0.306 e. The van der Waals surface area contributed by atoms with Crippen molar-refractivity contribution in [2.75, 3.05) is 0 Å². The average Bonchev–Trinajstić information content (AvgIpc) is 3.59. The normalized spacial score (nSPS) is 18.3. The third kappa shape index (κ3) is 2.52. The molecule has 1 aliphatic carbocycles. The molecule has 3 heteroatoms. The first kappa shape index (κ1) is 19.5. The lowest BCUT2D eigenvalue weighted by Crippen LogP contribution is -2.31. The monoisotopic (exact) mass is 459 g/mol. The van der Waals surface area contributed by atoms with Crippen molar-refractivity contribution in [2.45, 2.75) is 5.54 Å². The first-order chi connectivity index (χ1) is 17.8. The number of aromatic nitrogens is 2. The molecule has 0 fully saturated rings. The Morgan fingerprint density at radius 3 is 2.11 bits per heavy atom. The minimum absolute atomic E-state index is 0.497. The topological polar surface area (TPSA) is 30.2 Å². The molecule has 8 rings (SSSR count). The quantitative estimate of drug-likeness (QED) is 0.266. The fraction of sp³-hybridized carbons (Fsp3) is 0.0303. The smallest absolute Gasteiger partial charge is 0.142 e. The number of fused-ring (bicyclic) bond motifs is 8. The molecule has 1 aromatic heterocycles. The summed E-state index contributed by atoms with van der Waals surface area (Å²) in [7, 11) is 0. The molecule has 3 heterocycles. The van der Waals surface area contributed by atoms with Crippen LogP contribution in [0.4, 0.5) is 5.69 Å². The van der Waals surface area contributed by atoms with Crippen LogP contribution in [0.25, 0.3) is 39.5 Å². The zero-order chi connectivity index (χ0) is 23.7. The first-order valence-corrected chi connectivity index (χ1v) is 12.3. The van der Waals surface area contributed by atoms with Crippen molar-refractivity contribution in [2.24, 2.45) is 4.99 Å². The highest BCUT2D eigenvalue weighted by Crippen LogP contribution is 2.53. The van der Waals surface area contributed by atoms with Crippen molar-refractivity contribution < 1.29 is 0 Å². The molecule has 0 saturated carbocycles. The Kier molecular flexibility index (Phi) is 3.87. The van der Waals surface area contributed by atoms with Gasteiger partial charge in [0, 0.05) is 27.8 Å². The predicted octanol–water partition coefficient (Wildman–Crippen LogP) is 7.68. The number of aliphatic imine (C=N–C) groups is 1. The summed E-state index contributed by atoms with van der Waals surface area (Å²) in [4.78, 5) is 10.2. The van der Waals surface area contributed by atoms with Gasteiger partial charge in [-0.25, -0.2) is 9.98 Å². The molecular formula is C33H21N3. The highest BCUT2D eigenvalue weighted by molar-refractivity contribution is 6.34. The van der Waals surface area contributed by atoms with Gasteiger partial charge in [0.05, 0.1) is 22.8 Å². The third-order valence-electron chi connectivity index (χ3n) is 7.51. The molecule has 168 valence electrons. The van der Waals surface area contributed by atoms with Crippen LogP contribution >= 0.6 is 0 Å². The van der Waals surface area contributed by atoms with Crippen LogP contribution < -0.4 is 0 Å². The van der Waals surface area contributed by atoms with E-state index in [1.807, 2.05) is 0 Å². The van der Waals surface area contributed by atoms with Gasteiger partial charge in [0.25, 0.3) is 0 Å². The molecule has 0 saturated heterocycles. The number of para-hydroxylation sites is 1. The molecule has 1 unspecified atom stereocenters. The van der Waals surface area contributed by atoms with E-state index in [4.69, 9.17) is 9.98 Å². The van der Waals surface area contributed by atoms with E-state index in [9.17, 15) is 0 Å².